The van der Waals surface area contributed by atoms with Gasteiger partial charge in [-0.25, -0.2) is 9.97 Å². The molecule has 0 aliphatic heterocycles. The van der Waals surface area contributed by atoms with Crippen molar-refractivity contribution >= 4 is 0 Å². The Morgan fingerprint density at radius 2 is 0.974 bits per heavy atom. The van der Waals surface area contributed by atoms with Crippen LogP contribution in [0.4, 0.5) is 0 Å². The van der Waals surface area contributed by atoms with E-state index in [1.807, 2.05) is 0 Å². The van der Waals surface area contributed by atoms with Gasteiger partial charge in [-0.2, -0.15) is 0 Å². The number of unbranched alkanes of at least 4 members (excludes halogenated alkanes) is 8. The molecule has 2 heteroatoms. The van der Waals surface area contributed by atoms with Gasteiger partial charge in [0.1, 0.15) is 0 Å². The van der Waals surface area contributed by atoms with E-state index in [1.165, 1.54) is 140 Å². The molecule has 1 heterocycles. The number of hydrogen-bond donors (Lipinski definition) is 0. The second-order valence-electron chi connectivity index (χ2n) is 12.8. The molecule has 0 saturated heterocycles. The normalized spacial score (nSPS) is 23.9. The summed E-state index contributed by atoms with van der Waals surface area (Å²) in [7, 11) is 0. The Bertz CT molecular complexity index is 871. The lowest BCUT2D eigenvalue weighted by Gasteiger charge is -2.29. The van der Waals surface area contributed by atoms with Gasteiger partial charge in [0.25, 0.3) is 0 Å². The smallest absolute Gasteiger partial charge is 0.159 e. The zero-order valence-electron chi connectivity index (χ0n) is 24.8. The highest BCUT2D eigenvalue weighted by Gasteiger charge is 2.24. The van der Waals surface area contributed by atoms with Crippen LogP contribution < -0.4 is 0 Å². The van der Waals surface area contributed by atoms with Gasteiger partial charge in [-0.15, -0.1) is 0 Å². The van der Waals surface area contributed by atoms with E-state index in [0.717, 1.165) is 29.1 Å². The van der Waals surface area contributed by atoms with Crippen LogP contribution in [-0.4, -0.2) is 9.97 Å². The lowest BCUT2D eigenvalue weighted by atomic mass is 9.77. The summed E-state index contributed by atoms with van der Waals surface area (Å²) in [6.45, 7) is 4.61. The van der Waals surface area contributed by atoms with E-state index in [9.17, 15) is 0 Å². The highest BCUT2D eigenvalue weighted by molar-refractivity contribution is 5.55. The van der Waals surface area contributed by atoms with Crippen molar-refractivity contribution in [3.05, 3.63) is 47.8 Å². The van der Waals surface area contributed by atoms with Crippen molar-refractivity contribution in [2.24, 2.45) is 11.8 Å². The molecule has 0 radical (unpaired) electrons. The Hall–Kier alpha value is -1.70. The van der Waals surface area contributed by atoms with E-state index < -0.39 is 0 Å². The quantitative estimate of drug-likeness (QED) is 0.220. The monoisotopic (exact) mass is 516 g/mol. The van der Waals surface area contributed by atoms with Crippen molar-refractivity contribution in [3.8, 4) is 11.4 Å². The Kier molecular flexibility index (Phi) is 12.7. The minimum absolute atomic E-state index is 0.661. The van der Waals surface area contributed by atoms with Crippen molar-refractivity contribution in [3.63, 3.8) is 0 Å². The summed E-state index contributed by atoms with van der Waals surface area (Å²) < 4.78 is 0. The summed E-state index contributed by atoms with van der Waals surface area (Å²) in [5.74, 6) is 4.22. The van der Waals surface area contributed by atoms with Gasteiger partial charge in [0.15, 0.2) is 5.82 Å². The molecule has 2 nitrogen and oxygen atoms in total. The van der Waals surface area contributed by atoms with Crippen LogP contribution in [0.25, 0.3) is 11.4 Å². The molecule has 0 atom stereocenters. The van der Waals surface area contributed by atoms with Gasteiger partial charge < -0.3 is 0 Å². The second-order valence-corrected chi connectivity index (χ2v) is 12.8. The van der Waals surface area contributed by atoms with Gasteiger partial charge in [0.2, 0.25) is 0 Å². The molecule has 2 aliphatic carbocycles. The summed E-state index contributed by atoms with van der Waals surface area (Å²) in [6, 6.07) is 9.21. The number of benzene rings is 1. The van der Waals surface area contributed by atoms with Crippen molar-refractivity contribution < 1.29 is 0 Å². The molecule has 1 aromatic heterocycles. The highest BCUT2D eigenvalue weighted by Crippen LogP contribution is 2.39. The van der Waals surface area contributed by atoms with E-state index in [1.54, 1.807) is 0 Å². The molecule has 0 N–H and O–H groups in total. The predicted octanol–water partition coefficient (Wildman–Crippen LogP) is 11.4. The largest absolute Gasteiger partial charge is 0.236 e. The molecular formula is C36H56N2. The van der Waals surface area contributed by atoms with Gasteiger partial charge in [0, 0.05) is 18.0 Å². The maximum absolute atomic E-state index is 4.81. The first kappa shape index (κ1) is 29.3. The average molecular weight is 517 g/mol. The zero-order chi connectivity index (χ0) is 26.4. The molecule has 0 amide bonds. The van der Waals surface area contributed by atoms with E-state index in [-0.39, 0.29) is 0 Å². The highest BCUT2D eigenvalue weighted by atomic mass is 14.9. The minimum Gasteiger partial charge on any atom is -0.236 e. The Labute approximate surface area is 234 Å². The van der Waals surface area contributed by atoms with Crippen LogP contribution in [0.2, 0.25) is 0 Å². The van der Waals surface area contributed by atoms with E-state index in [0.29, 0.717) is 5.92 Å². The summed E-state index contributed by atoms with van der Waals surface area (Å²) in [5.41, 5.74) is 4.04. The molecule has 1 aromatic carbocycles. The molecule has 0 bridgehead atoms. The molecule has 2 aromatic rings. The molecule has 2 fully saturated rings. The molecule has 4 rings (SSSR count). The van der Waals surface area contributed by atoms with Gasteiger partial charge in [-0.3, -0.25) is 0 Å². The summed E-state index contributed by atoms with van der Waals surface area (Å²) in [6.07, 6.45) is 32.3. The average Bonchev–Trinajstić information content (AvgIpc) is 2.98. The number of hydrogen-bond acceptors (Lipinski definition) is 2. The van der Waals surface area contributed by atoms with Crippen molar-refractivity contribution in [2.75, 3.05) is 0 Å². The molecule has 0 spiro atoms. The molecule has 38 heavy (non-hydrogen) atoms. The van der Waals surface area contributed by atoms with Crippen LogP contribution in [0, 0.1) is 11.8 Å². The molecule has 210 valence electrons. The fourth-order valence-corrected chi connectivity index (χ4v) is 7.24. The first-order chi connectivity index (χ1) is 18.8. The molecule has 2 aliphatic rings. The second kappa shape index (κ2) is 16.4. The Morgan fingerprint density at radius 3 is 1.53 bits per heavy atom. The third kappa shape index (κ3) is 9.20. The van der Waals surface area contributed by atoms with Crippen LogP contribution in [0.15, 0.2) is 36.7 Å². The van der Waals surface area contributed by atoms with Gasteiger partial charge in [-0.05, 0) is 86.2 Å². The van der Waals surface area contributed by atoms with Crippen molar-refractivity contribution in [2.45, 2.75) is 154 Å². The number of aromatic nitrogens is 2. The van der Waals surface area contributed by atoms with Crippen molar-refractivity contribution in [1.82, 2.24) is 9.97 Å². The third-order valence-electron chi connectivity index (χ3n) is 9.91. The summed E-state index contributed by atoms with van der Waals surface area (Å²) in [5, 5.41) is 0. The van der Waals surface area contributed by atoms with E-state index in [2.05, 4.69) is 50.5 Å². The zero-order valence-corrected chi connectivity index (χ0v) is 24.8. The lowest BCUT2D eigenvalue weighted by molar-refractivity contribution is 0.301. The van der Waals surface area contributed by atoms with Crippen LogP contribution in [0.1, 0.15) is 165 Å². The van der Waals surface area contributed by atoms with E-state index in [4.69, 9.17) is 9.97 Å². The molecule has 2 saturated carbocycles. The van der Waals surface area contributed by atoms with E-state index >= 15 is 0 Å². The standard InChI is InChI=1S/C36H56N2/c1-3-5-7-8-9-10-12-14-30-17-21-33(22-18-30)35-27-37-36(38-28-35)34-25-23-32(24-26-34)31-19-15-29(16-20-31)13-11-6-4-2/h23-31,33H,3-22H2,1-2H3/t29-,30-,31-,33-. The molecule has 0 unspecified atom stereocenters. The fraction of sp³-hybridized carbons (Fsp3) is 0.722. The lowest BCUT2D eigenvalue weighted by Crippen LogP contribution is -2.14. The number of rotatable bonds is 15. The van der Waals surface area contributed by atoms with Crippen LogP contribution in [-0.2, 0) is 0 Å². The topological polar surface area (TPSA) is 25.8 Å². The maximum atomic E-state index is 4.81. The molecular weight excluding hydrogens is 460 g/mol. The van der Waals surface area contributed by atoms with Gasteiger partial charge in [-0.1, -0.05) is 115 Å². The Morgan fingerprint density at radius 1 is 0.526 bits per heavy atom. The fourth-order valence-electron chi connectivity index (χ4n) is 7.24. The predicted molar refractivity (Wildman–Crippen MR) is 164 cm³/mol. The van der Waals surface area contributed by atoms with Crippen LogP contribution in [0.3, 0.4) is 0 Å². The first-order valence-corrected chi connectivity index (χ1v) is 16.7. The van der Waals surface area contributed by atoms with Gasteiger partial charge >= 0.3 is 0 Å². The minimum atomic E-state index is 0.661. The summed E-state index contributed by atoms with van der Waals surface area (Å²) >= 11 is 0. The summed E-state index contributed by atoms with van der Waals surface area (Å²) in [4.78, 5) is 9.62. The Balaban J connectivity index is 1.17. The van der Waals surface area contributed by atoms with Crippen LogP contribution in [0.5, 0.6) is 0 Å². The third-order valence-corrected chi connectivity index (χ3v) is 9.91. The van der Waals surface area contributed by atoms with Crippen molar-refractivity contribution in [1.29, 1.82) is 0 Å². The SMILES string of the molecule is CCCCCCCCC[C@H]1CC[C@H](c2cnc(-c3ccc([C@H]4CC[C@H](CCCCC)CC4)cc3)nc2)CC1. The number of nitrogens with zero attached hydrogens (tertiary/aromatic N) is 2. The van der Waals surface area contributed by atoms with Gasteiger partial charge in [0.05, 0.1) is 0 Å². The first-order valence-electron chi connectivity index (χ1n) is 16.7. The maximum Gasteiger partial charge on any atom is 0.159 e. The van der Waals surface area contributed by atoms with Crippen LogP contribution >= 0.6 is 0 Å².